The molecule has 2 aliphatic rings. The number of benzene rings is 3. The van der Waals surface area contributed by atoms with E-state index in [1.807, 2.05) is 54.6 Å². The predicted molar refractivity (Wildman–Crippen MR) is 164 cm³/mol. The highest BCUT2D eigenvalue weighted by Crippen LogP contribution is 2.58. The minimum atomic E-state index is -2.39. The molecule has 0 saturated carbocycles. The third-order valence-electron chi connectivity index (χ3n) is 6.87. The average Bonchev–Trinajstić information content (AvgIpc) is 2.98. The summed E-state index contributed by atoms with van der Waals surface area (Å²) >= 11 is 19.1. The van der Waals surface area contributed by atoms with Crippen LogP contribution in [0.4, 0.5) is 0 Å². The van der Waals surface area contributed by atoms with Crippen LogP contribution in [0.25, 0.3) is 0 Å². The van der Waals surface area contributed by atoms with E-state index in [1.165, 1.54) is 16.7 Å². The molecule has 214 valence electrons. The van der Waals surface area contributed by atoms with Gasteiger partial charge in [-0.05, 0) is 36.4 Å². The summed E-state index contributed by atoms with van der Waals surface area (Å²) in [6.45, 7) is -0.473. The lowest BCUT2D eigenvalue weighted by atomic mass is 10.0. The molecule has 0 bridgehead atoms. The van der Waals surface area contributed by atoms with Crippen molar-refractivity contribution in [2.45, 2.75) is 15.2 Å². The number of nitrogens with one attached hydrogen (secondary N) is 1. The van der Waals surface area contributed by atoms with E-state index >= 15 is 0 Å². The standard InChI is InChI=1S/C29H24Cl3N2O4PS.BrH/c30-29(31,32)18-38-28(37)25-20(17-40-27-24(33-19-35)26(36)34(25)27)16-39(21-10-4-1-5-11-21,22-12-6-2-7-13-22)23-14-8-3-9-15-23;/h1-15,19,24,27H,16-18H2;1H/t24-,27-;/m1./s1. The van der Waals surface area contributed by atoms with E-state index < -0.39 is 35.0 Å². The average molecular weight is 715 g/mol. The van der Waals surface area contributed by atoms with Crippen LogP contribution in [0.3, 0.4) is 0 Å². The summed E-state index contributed by atoms with van der Waals surface area (Å²) in [5, 5.41) is 5.53. The van der Waals surface area contributed by atoms with E-state index in [4.69, 9.17) is 39.5 Å². The van der Waals surface area contributed by atoms with E-state index in [9.17, 15) is 14.4 Å². The Bertz CT molecular complexity index is 1330. The monoisotopic (exact) mass is 712 g/mol. The molecule has 2 aliphatic heterocycles. The number of esters is 1. The minimum Gasteiger partial charge on any atom is -1.00 e. The van der Waals surface area contributed by atoms with Crippen molar-refractivity contribution in [1.29, 1.82) is 0 Å². The van der Waals surface area contributed by atoms with Gasteiger partial charge in [0, 0.05) is 11.3 Å². The van der Waals surface area contributed by atoms with Gasteiger partial charge in [0.1, 0.15) is 46.9 Å². The van der Waals surface area contributed by atoms with E-state index in [0.29, 0.717) is 18.3 Å². The minimum absolute atomic E-state index is 0. The molecular formula is C29H25BrCl3N2O4PS. The van der Waals surface area contributed by atoms with Crippen LogP contribution in [0.15, 0.2) is 102 Å². The summed E-state index contributed by atoms with van der Waals surface area (Å²) in [7, 11) is -2.39. The number of rotatable bonds is 9. The highest BCUT2D eigenvalue weighted by atomic mass is 79.9. The van der Waals surface area contributed by atoms with E-state index in [2.05, 4.69) is 41.7 Å². The Morgan fingerprint density at radius 1 is 0.951 bits per heavy atom. The number of amides is 2. The molecule has 2 atom stereocenters. The molecule has 2 amide bonds. The Balaban J connectivity index is 0.00000387. The number of nitrogens with zero attached hydrogens (tertiary/aromatic N) is 1. The largest absolute Gasteiger partial charge is 1.00 e. The third kappa shape index (κ3) is 6.48. The molecule has 1 N–H and O–H groups in total. The normalized spacial score (nSPS) is 18.5. The molecule has 3 aromatic rings. The number of fused-ring (bicyclic) bond motifs is 1. The molecule has 0 aliphatic carbocycles. The first kappa shape index (κ1) is 31.9. The summed E-state index contributed by atoms with van der Waals surface area (Å²) in [4.78, 5) is 39.4. The second-order valence-corrected chi connectivity index (χ2v) is 16.4. The molecule has 12 heteroatoms. The molecule has 3 aromatic carbocycles. The predicted octanol–water partition coefficient (Wildman–Crippen LogP) is 1.18. The smallest absolute Gasteiger partial charge is 0.355 e. The highest BCUT2D eigenvalue weighted by Gasteiger charge is 2.56. The molecule has 0 radical (unpaired) electrons. The second kappa shape index (κ2) is 13.5. The van der Waals surface area contributed by atoms with Gasteiger partial charge in [-0.3, -0.25) is 14.5 Å². The van der Waals surface area contributed by atoms with Crippen LogP contribution < -0.4 is 38.2 Å². The molecule has 1 fully saturated rings. The number of ether oxygens (including phenoxy) is 1. The fourth-order valence-corrected chi connectivity index (χ4v) is 11.1. The van der Waals surface area contributed by atoms with Crippen LogP contribution in [0.1, 0.15) is 0 Å². The quantitative estimate of drug-likeness (QED) is 0.119. The van der Waals surface area contributed by atoms with Crippen molar-refractivity contribution >= 4 is 88.0 Å². The molecule has 0 aromatic heterocycles. The number of alkyl halides is 3. The van der Waals surface area contributed by atoms with Crippen LogP contribution in [0.5, 0.6) is 0 Å². The Kier molecular flexibility index (Phi) is 10.5. The van der Waals surface area contributed by atoms with Gasteiger partial charge in [0.15, 0.2) is 0 Å². The van der Waals surface area contributed by atoms with Crippen molar-refractivity contribution in [3.8, 4) is 0 Å². The van der Waals surface area contributed by atoms with Crippen molar-refractivity contribution in [2.75, 3.05) is 18.5 Å². The van der Waals surface area contributed by atoms with Gasteiger partial charge in [-0.15, -0.1) is 11.8 Å². The van der Waals surface area contributed by atoms with Gasteiger partial charge in [0.25, 0.3) is 5.91 Å². The lowest BCUT2D eigenvalue weighted by molar-refractivity contribution is -0.152. The van der Waals surface area contributed by atoms with Gasteiger partial charge in [-0.25, -0.2) is 4.79 Å². The van der Waals surface area contributed by atoms with E-state index in [-0.39, 0.29) is 28.6 Å². The fraction of sp³-hybridized carbons (Fsp3) is 0.207. The van der Waals surface area contributed by atoms with Crippen molar-refractivity contribution in [3.05, 3.63) is 102 Å². The molecule has 41 heavy (non-hydrogen) atoms. The van der Waals surface area contributed by atoms with Gasteiger partial charge >= 0.3 is 5.97 Å². The van der Waals surface area contributed by atoms with Crippen LogP contribution in [0.2, 0.25) is 0 Å². The second-order valence-electron chi connectivity index (χ2n) is 9.29. The number of thioether (sulfide) groups is 1. The molecule has 6 nitrogen and oxygen atoms in total. The van der Waals surface area contributed by atoms with Gasteiger partial charge < -0.3 is 27.0 Å². The zero-order valence-corrected chi connectivity index (χ0v) is 27.0. The first-order chi connectivity index (χ1) is 19.3. The van der Waals surface area contributed by atoms with Crippen LogP contribution in [-0.2, 0) is 19.1 Å². The highest BCUT2D eigenvalue weighted by molar-refractivity contribution is 8.00. The van der Waals surface area contributed by atoms with Gasteiger partial charge in [-0.2, -0.15) is 0 Å². The van der Waals surface area contributed by atoms with Crippen molar-refractivity contribution in [1.82, 2.24) is 10.2 Å². The molecule has 0 unspecified atom stereocenters. The fourth-order valence-electron chi connectivity index (χ4n) is 5.16. The van der Waals surface area contributed by atoms with E-state index in [0.717, 1.165) is 21.5 Å². The summed E-state index contributed by atoms with van der Waals surface area (Å²) < 4.78 is 3.62. The zero-order valence-electron chi connectivity index (χ0n) is 21.5. The third-order valence-corrected chi connectivity index (χ3v) is 12.9. The molecule has 5 rings (SSSR count). The number of hydrogen-bond donors (Lipinski definition) is 1. The number of hydrogen-bond acceptors (Lipinski definition) is 5. The maximum Gasteiger partial charge on any atom is 0.355 e. The van der Waals surface area contributed by atoms with Crippen LogP contribution in [-0.4, -0.2) is 56.9 Å². The van der Waals surface area contributed by atoms with Crippen LogP contribution in [0, 0.1) is 0 Å². The first-order valence-corrected chi connectivity index (χ1v) is 16.6. The molecule has 2 heterocycles. The summed E-state index contributed by atoms with van der Waals surface area (Å²) in [5.74, 6) is -0.666. The Labute approximate surface area is 268 Å². The van der Waals surface area contributed by atoms with Crippen LogP contribution >= 0.6 is 53.8 Å². The molecule has 1 saturated heterocycles. The maximum atomic E-state index is 13.6. The van der Waals surface area contributed by atoms with E-state index in [1.54, 1.807) is 0 Å². The van der Waals surface area contributed by atoms with Gasteiger partial charge in [0.05, 0.1) is 6.16 Å². The number of β-lactam (4-membered cyclic amide) rings is 1. The number of carbonyl (C=O) groups is 3. The molecular weight excluding hydrogens is 690 g/mol. The summed E-state index contributed by atoms with van der Waals surface area (Å²) in [6, 6.07) is 30.0. The van der Waals surface area contributed by atoms with Crippen molar-refractivity contribution < 1.29 is 36.1 Å². The SMILES string of the molecule is O=CN[C@@H]1C(=O)N2C(C(=O)OCC(Cl)(Cl)Cl)=C(C[P+](c3ccccc3)(c3ccccc3)c3ccccc3)CS[C@H]12.[Br-]. The Morgan fingerprint density at radius 2 is 1.44 bits per heavy atom. The lowest BCUT2D eigenvalue weighted by Crippen LogP contribution is -3.00. The Morgan fingerprint density at radius 3 is 1.88 bits per heavy atom. The molecule has 0 spiro atoms. The Hall–Kier alpha value is -2.06. The zero-order chi connectivity index (χ0) is 28.3. The maximum absolute atomic E-state index is 13.6. The van der Waals surface area contributed by atoms with Gasteiger partial charge in [0.2, 0.25) is 10.2 Å². The van der Waals surface area contributed by atoms with Crippen molar-refractivity contribution in [2.24, 2.45) is 0 Å². The summed E-state index contributed by atoms with van der Waals surface area (Å²) in [5.41, 5.74) is 0.914. The first-order valence-electron chi connectivity index (χ1n) is 12.4. The summed E-state index contributed by atoms with van der Waals surface area (Å²) in [6.07, 6.45) is 0.982. The topological polar surface area (TPSA) is 75.7 Å². The van der Waals surface area contributed by atoms with Crippen molar-refractivity contribution in [3.63, 3.8) is 0 Å². The lowest BCUT2D eigenvalue weighted by Gasteiger charge is -2.49. The number of carbonyl (C=O) groups excluding carboxylic acids is 3. The number of halogens is 4. The van der Waals surface area contributed by atoms with Gasteiger partial charge in [-0.1, -0.05) is 89.4 Å².